The highest BCUT2D eigenvalue weighted by Crippen LogP contribution is 2.52. The monoisotopic (exact) mass is 206 g/mol. The van der Waals surface area contributed by atoms with Crippen LogP contribution in [0.1, 0.15) is 44.9 Å². The number of hydrogen-bond donors (Lipinski definition) is 0. The molecule has 0 heterocycles. The summed E-state index contributed by atoms with van der Waals surface area (Å²) in [5.41, 5.74) is 0.198. The minimum absolute atomic E-state index is 0.198. The first kappa shape index (κ1) is 9.44. The summed E-state index contributed by atoms with van der Waals surface area (Å²) >= 11 is 0. The Bertz CT molecular complexity index is 291. The molecule has 0 saturated heterocycles. The summed E-state index contributed by atoms with van der Waals surface area (Å²) in [5.74, 6) is 0. The third kappa shape index (κ3) is 1.73. The molecule has 0 amide bonds. The van der Waals surface area contributed by atoms with Gasteiger partial charge in [-0.25, -0.2) is 0 Å². The minimum Gasteiger partial charge on any atom is -0.195 e. The van der Waals surface area contributed by atoms with Crippen LogP contribution < -0.4 is 0 Å². The molecule has 4 heteroatoms. The van der Waals surface area contributed by atoms with Gasteiger partial charge in [-0.15, -0.1) is 3.89 Å². The highest BCUT2D eigenvalue weighted by atomic mass is 32.3. The van der Waals surface area contributed by atoms with Crippen molar-refractivity contribution in [2.45, 2.75) is 50.2 Å². The van der Waals surface area contributed by atoms with Gasteiger partial charge in [-0.2, -0.15) is 8.42 Å². The highest BCUT2D eigenvalue weighted by molar-refractivity contribution is 7.87. The summed E-state index contributed by atoms with van der Waals surface area (Å²) in [5, 5.41) is -0.689. The van der Waals surface area contributed by atoms with Crippen molar-refractivity contribution < 1.29 is 12.3 Å². The largest absolute Gasteiger partial charge is 0.305 e. The first-order valence-electron chi connectivity index (χ1n) is 4.95. The summed E-state index contributed by atoms with van der Waals surface area (Å²) < 4.78 is 34.1. The molecule has 2 nitrogen and oxygen atoms in total. The lowest BCUT2D eigenvalue weighted by Crippen LogP contribution is -2.17. The van der Waals surface area contributed by atoms with Crippen LogP contribution in [0.15, 0.2) is 0 Å². The second kappa shape index (κ2) is 2.94. The van der Waals surface area contributed by atoms with Crippen LogP contribution in [0.5, 0.6) is 0 Å². The molecule has 0 aromatic rings. The molecule has 1 unspecified atom stereocenters. The van der Waals surface area contributed by atoms with Gasteiger partial charge in [0.1, 0.15) is 0 Å². The molecule has 2 rings (SSSR count). The predicted molar refractivity (Wildman–Crippen MR) is 48.6 cm³/mol. The lowest BCUT2D eigenvalue weighted by Gasteiger charge is -2.21. The van der Waals surface area contributed by atoms with Crippen molar-refractivity contribution in [3.63, 3.8) is 0 Å². The topological polar surface area (TPSA) is 34.1 Å². The Kier molecular flexibility index (Phi) is 2.13. The molecule has 0 N–H and O–H groups in total. The fourth-order valence-corrected chi connectivity index (χ4v) is 3.93. The van der Waals surface area contributed by atoms with Crippen LogP contribution >= 0.6 is 0 Å². The van der Waals surface area contributed by atoms with Crippen molar-refractivity contribution in [1.82, 2.24) is 0 Å². The molecule has 76 valence electrons. The second-order valence-corrected chi connectivity index (χ2v) is 6.17. The molecule has 2 aliphatic rings. The predicted octanol–water partition coefficient (Wildman–Crippen LogP) is 2.40. The lowest BCUT2D eigenvalue weighted by atomic mass is 9.85. The van der Waals surface area contributed by atoms with Crippen LogP contribution in [-0.4, -0.2) is 13.7 Å². The van der Waals surface area contributed by atoms with Crippen LogP contribution in [0.25, 0.3) is 0 Å². The summed E-state index contributed by atoms with van der Waals surface area (Å²) in [7, 11) is -4.27. The smallest absolute Gasteiger partial charge is 0.195 e. The quantitative estimate of drug-likeness (QED) is 0.617. The highest BCUT2D eigenvalue weighted by Gasteiger charge is 2.45. The molecule has 2 fully saturated rings. The van der Waals surface area contributed by atoms with Crippen molar-refractivity contribution in [1.29, 1.82) is 0 Å². The normalized spacial score (nSPS) is 32.8. The van der Waals surface area contributed by atoms with Crippen molar-refractivity contribution >= 4 is 10.2 Å². The van der Waals surface area contributed by atoms with E-state index in [2.05, 4.69) is 0 Å². The Morgan fingerprint density at radius 1 is 1.15 bits per heavy atom. The van der Waals surface area contributed by atoms with E-state index in [1.807, 2.05) is 0 Å². The van der Waals surface area contributed by atoms with Crippen molar-refractivity contribution in [2.75, 3.05) is 0 Å². The van der Waals surface area contributed by atoms with Gasteiger partial charge in [0.25, 0.3) is 0 Å². The van der Waals surface area contributed by atoms with Crippen molar-refractivity contribution in [2.24, 2.45) is 5.41 Å². The molecular formula is C9H15FO2S. The van der Waals surface area contributed by atoms with E-state index in [-0.39, 0.29) is 5.41 Å². The molecule has 0 bridgehead atoms. The van der Waals surface area contributed by atoms with Gasteiger partial charge in [-0.1, -0.05) is 12.8 Å². The Morgan fingerprint density at radius 2 is 1.77 bits per heavy atom. The van der Waals surface area contributed by atoms with Gasteiger partial charge >= 0.3 is 10.2 Å². The Hall–Kier alpha value is -0.120. The van der Waals surface area contributed by atoms with Gasteiger partial charge < -0.3 is 0 Å². The zero-order valence-electron chi connectivity index (χ0n) is 7.63. The third-order valence-electron chi connectivity index (χ3n) is 3.72. The molecule has 2 saturated carbocycles. The molecule has 1 atom stereocenters. The van der Waals surface area contributed by atoms with Gasteiger partial charge in [-0.3, -0.25) is 0 Å². The van der Waals surface area contributed by atoms with Crippen LogP contribution in [0.2, 0.25) is 0 Å². The zero-order valence-corrected chi connectivity index (χ0v) is 8.45. The standard InChI is InChI=1S/C9H15FO2S/c10-13(11,12)8-3-6-9(7-8)4-1-2-5-9/h8H,1-7H2. The van der Waals surface area contributed by atoms with Crippen LogP contribution in [-0.2, 0) is 10.2 Å². The maximum Gasteiger partial charge on any atom is 0.305 e. The first-order valence-corrected chi connectivity index (χ1v) is 6.40. The minimum atomic E-state index is -4.27. The molecule has 2 aliphatic carbocycles. The molecule has 0 aromatic heterocycles. The summed E-state index contributed by atoms with van der Waals surface area (Å²) in [6, 6.07) is 0. The van der Waals surface area contributed by atoms with E-state index >= 15 is 0 Å². The van der Waals surface area contributed by atoms with Crippen LogP contribution in [0, 0.1) is 5.41 Å². The average molecular weight is 206 g/mol. The van der Waals surface area contributed by atoms with E-state index in [0.717, 1.165) is 19.3 Å². The fraction of sp³-hybridized carbons (Fsp3) is 1.00. The van der Waals surface area contributed by atoms with E-state index in [1.54, 1.807) is 0 Å². The van der Waals surface area contributed by atoms with Crippen LogP contribution in [0.4, 0.5) is 3.89 Å². The molecule has 0 aliphatic heterocycles. The van der Waals surface area contributed by atoms with Gasteiger partial charge in [0, 0.05) is 0 Å². The number of rotatable bonds is 1. The first-order chi connectivity index (χ1) is 6.02. The molecular weight excluding hydrogens is 191 g/mol. The van der Waals surface area contributed by atoms with E-state index in [1.165, 1.54) is 12.8 Å². The molecule has 0 aromatic carbocycles. The molecule has 1 spiro atoms. The van der Waals surface area contributed by atoms with Crippen LogP contribution in [0.3, 0.4) is 0 Å². The second-order valence-electron chi connectivity index (χ2n) is 4.55. The zero-order chi connectivity index (χ0) is 9.53. The Labute approximate surface area is 78.7 Å². The summed E-state index contributed by atoms with van der Waals surface area (Å²) in [6.07, 6.45) is 6.64. The summed E-state index contributed by atoms with van der Waals surface area (Å²) in [6.45, 7) is 0. The van der Waals surface area contributed by atoms with Gasteiger partial charge in [0.15, 0.2) is 0 Å². The fourth-order valence-electron chi connectivity index (χ4n) is 2.97. The lowest BCUT2D eigenvalue weighted by molar-refractivity contribution is 0.308. The Morgan fingerprint density at radius 3 is 2.23 bits per heavy atom. The van der Waals surface area contributed by atoms with Crippen molar-refractivity contribution in [3.05, 3.63) is 0 Å². The summed E-state index contributed by atoms with van der Waals surface area (Å²) in [4.78, 5) is 0. The average Bonchev–Trinajstić information content (AvgIpc) is 2.60. The maximum absolute atomic E-state index is 12.7. The molecule has 0 radical (unpaired) electrons. The Balaban J connectivity index is 2.09. The van der Waals surface area contributed by atoms with E-state index in [4.69, 9.17) is 0 Å². The van der Waals surface area contributed by atoms with Gasteiger partial charge in [0.05, 0.1) is 5.25 Å². The van der Waals surface area contributed by atoms with Gasteiger partial charge in [-0.05, 0) is 37.5 Å². The number of halogens is 1. The van der Waals surface area contributed by atoms with Gasteiger partial charge in [0.2, 0.25) is 0 Å². The maximum atomic E-state index is 12.7. The van der Waals surface area contributed by atoms with E-state index in [9.17, 15) is 12.3 Å². The van der Waals surface area contributed by atoms with E-state index < -0.39 is 15.5 Å². The van der Waals surface area contributed by atoms with E-state index in [0.29, 0.717) is 12.8 Å². The van der Waals surface area contributed by atoms with Crippen molar-refractivity contribution in [3.8, 4) is 0 Å². The number of hydrogen-bond acceptors (Lipinski definition) is 2. The molecule has 13 heavy (non-hydrogen) atoms. The third-order valence-corrected chi connectivity index (χ3v) is 4.92. The SMILES string of the molecule is O=S(=O)(F)C1CCC2(CCCC2)C1.